The summed E-state index contributed by atoms with van der Waals surface area (Å²) in [6.07, 6.45) is 3.57. The molecule has 136 valence electrons. The standard InChI is InChI=1S/C17H31N5O2/c1-10-6-7-11(8-13(10)23)20-15-12(14(18)24)9-19-16(22(15)5)21-17(2,3)4/h9-11,13,15,20,23H,6-8H2,1-5H3,(H2,18,24)(H,19,21)/t10-,11-,13-,15?/m1/s1. The smallest absolute Gasteiger partial charge is 0.249 e. The molecule has 0 aromatic carbocycles. The lowest BCUT2D eigenvalue weighted by Crippen LogP contribution is -2.60. The van der Waals surface area contributed by atoms with Crippen molar-refractivity contribution in [3.05, 3.63) is 11.8 Å². The third kappa shape index (κ3) is 4.48. The van der Waals surface area contributed by atoms with Gasteiger partial charge in [0.05, 0.1) is 17.2 Å². The summed E-state index contributed by atoms with van der Waals surface area (Å²) in [6.45, 7) is 8.12. The highest BCUT2D eigenvalue weighted by Crippen LogP contribution is 2.26. The second-order valence-corrected chi connectivity index (χ2v) is 7.95. The summed E-state index contributed by atoms with van der Waals surface area (Å²) in [7, 11) is 1.88. The Morgan fingerprint density at radius 1 is 1.46 bits per heavy atom. The Labute approximate surface area is 144 Å². The molecular formula is C17H31N5O2. The molecule has 7 nitrogen and oxygen atoms in total. The lowest BCUT2D eigenvalue weighted by atomic mass is 9.84. The molecule has 5 N–H and O–H groups in total. The molecule has 0 aromatic heterocycles. The van der Waals surface area contributed by atoms with Gasteiger partial charge >= 0.3 is 0 Å². The molecular weight excluding hydrogens is 306 g/mol. The first-order valence-electron chi connectivity index (χ1n) is 8.61. The van der Waals surface area contributed by atoms with E-state index >= 15 is 0 Å². The molecule has 0 spiro atoms. The Kier molecular flexibility index (Phi) is 5.55. The molecule has 24 heavy (non-hydrogen) atoms. The Morgan fingerprint density at radius 3 is 2.67 bits per heavy atom. The van der Waals surface area contributed by atoms with Gasteiger partial charge in [0.2, 0.25) is 5.91 Å². The van der Waals surface area contributed by atoms with E-state index in [0.29, 0.717) is 23.9 Å². The summed E-state index contributed by atoms with van der Waals surface area (Å²) in [4.78, 5) is 18.4. The summed E-state index contributed by atoms with van der Waals surface area (Å²) < 4.78 is 0. The van der Waals surface area contributed by atoms with Crippen LogP contribution in [0.1, 0.15) is 47.0 Å². The number of hydrogen-bond acceptors (Lipinski definition) is 4. The minimum Gasteiger partial charge on any atom is -0.393 e. The van der Waals surface area contributed by atoms with Gasteiger partial charge in [0.25, 0.3) is 0 Å². The van der Waals surface area contributed by atoms with Gasteiger partial charge in [0.1, 0.15) is 6.17 Å². The van der Waals surface area contributed by atoms with Crippen LogP contribution in [0, 0.1) is 5.92 Å². The van der Waals surface area contributed by atoms with Gasteiger partial charge in [-0.15, -0.1) is 0 Å². The van der Waals surface area contributed by atoms with E-state index in [-0.39, 0.29) is 23.9 Å². The fraction of sp³-hybridized carbons (Fsp3) is 0.765. The minimum atomic E-state index is -0.466. The van der Waals surface area contributed by atoms with Crippen molar-refractivity contribution in [1.29, 1.82) is 0 Å². The number of guanidine groups is 1. The molecule has 0 bridgehead atoms. The van der Waals surface area contributed by atoms with Crippen LogP contribution >= 0.6 is 0 Å². The molecule has 7 heteroatoms. The van der Waals surface area contributed by atoms with E-state index in [2.05, 4.69) is 22.5 Å². The largest absolute Gasteiger partial charge is 0.393 e. The molecule has 0 aromatic rings. The van der Waals surface area contributed by atoms with Crippen molar-refractivity contribution in [2.45, 2.75) is 70.8 Å². The number of likely N-dealkylation sites (N-methyl/N-ethyl adjacent to an activating group) is 1. The second-order valence-electron chi connectivity index (χ2n) is 7.95. The number of aliphatic hydroxyl groups excluding tert-OH is 1. The Bertz CT molecular complexity index is 538. The van der Waals surface area contributed by atoms with Crippen molar-refractivity contribution in [2.75, 3.05) is 7.05 Å². The van der Waals surface area contributed by atoms with Crippen molar-refractivity contribution in [3.63, 3.8) is 0 Å². The van der Waals surface area contributed by atoms with Crippen molar-refractivity contribution in [1.82, 2.24) is 15.5 Å². The highest BCUT2D eigenvalue weighted by Gasteiger charge is 2.34. The maximum absolute atomic E-state index is 11.8. The van der Waals surface area contributed by atoms with Crippen LogP contribution in [0.3, 0.4) is 0 Å². The van der Waals surface area contributed by atoms with E-state index in [9.17, 15) is 9.90 Å². The first-order chi connectivity index (χ1) is 11.1. The number of carbonyl (C=O) groups excluding carboxylic acids is 1. The molecule has 0 saturated heterocycles. The summed E-state index contributed by atoms with van der Waals surface area (Å²) >= 11 is 0. The molecule has 1 fully saturated rings. The number of nitrogens with two attached hydrogens (primary N) is 1. The number of rotatable bonds is 3. The summed E-state index contributed by atoms with van der Waals surface area (Å²) in [5.41, 5.74) is 5.77. The zero-order valence-corrected chi connectivity index (χ0v) is 15.3. The first-order valence-corrected chi connectivity index (χ1v) is 8.61. The van der Waals surface area contributed by atoms with Crippen LogP contribution in [-0.4, -0.2) is 52.8 Å². The summed E-state index contributed by atoms with van der Waals surface area (Å²) in [5, 5.41) is 16.7. The average molecular weight is 337 g/mol. The number of amides is 1. The van der Waals surface area contributed by atoms with Gasteiger partial charge in [-0.25, -0.2) is 4.99 Å². The van der Waals surface area contributed by atoms with Gasteiger partial charge in [-0.3, -0.25) is 10.1 Å². The number of nitrogens with one attached hydrogen (secondary N) is 2. The maximum atomic E-state index is 11.8. The fourth-order valence-corrected chi connectivity index (χ4v) is 3.16. The average Bonchev–Trinajstić information content (AvgIpc) is 2.45. The molecule has 1 aliphatic heterocycles. The van der Waals surface area contributed by atoms with Crippen molar-refractivity contribution in [2.24, 2.45) is 16.6 Å². The SMILES string of the molecule is C[C@@H]1CC[C@@H](NC2C(C(N)=O)=CNC(=NC(C)(C)C)N2C)C[C@H]1O. The number of primary amides is 1. The van der Waals surface area contributed by atoms with Gasteiger partial charge in [0, 0.05) is 19.3 Å². The fourth-order valence-electron chi connectivity index (χ4n) is 3.16. The van der Waals surface area contributed by atoms with Crippen molar-refractivity contribution < 1.29 is 9.90 Å². The van der Waals surface area contributed by atoms with Gasteiger partial charge in [-0.2, -0.15) is 0 Å². The number of hydrogen-bond donors (Lipinski definition) is 4. The number of aliphatic hydroxyl groups is 1. The highest BCUT2D eigenvalue weighted by atomic mass is 16.3. The van der Waals surface area contributed by atoms with Crippen LogP contribution in [0.5, 0.6) is 0 Å². The van der Waals surface area contributed by atoms with Crippen LogP contribution in [0.15, 0.2) is 16.8 Å². The van der Waals surface area contributed by atoms with Crippen molar-refractivity contribution in [3.8, 4) is 0 Å². The van der Waals surface area contributed by atoms with E-state index in [1.165, 1.54) is 0 Å². The van der Waals surface area contributed by atoms with E-state index in [1.54, 1.807) is 6.20 Å². The molecule has 1 heterocycles. The van der Waals surface area contributed by atoms with Gasteiger partial charge in [-0.05, 0) is 46.0 Å². The summed E-state index contributed by atoms with van der Waals surface area (Å²) in [5.74, 6) is 0.541. The molecule has 2 rings (SSSR count). The third-order valence-electron chi connectivity index (χ3n) is 4.65. The number of carbonyl (C=O) groups is 1. The Hall–Kier alpha value is -1.60. The van der Waals surface area contributed by atoms with E-state index in [4.69, 9.17) is 5.73 Å². The van der Waals surface area contributed by atoms with Gasteiger partial charge in [-0.1, -0.05) is 6.92 Å². The molecule has 1 amide bonds. The lowest BCUT2D eigenvalue weighted by molar-refractivity contribution is -0.115. The van der Waals surface area contributed by atoms with Crippen molar-refractivity contribution >= 4 is 11.9 Å². The van der Waals surface area contributed by atoms with Crippen LogP contribution < -0.4 is 16.4 Å². The molecule has 2 aliphatic rings. The third-order valence-corrected chi connectivity index (χ3v) is 4.65. The number of aliphatic imine (C=N–C) groups is 1. The zero-order chi connectivity index (χ0) is 18.1. The Balaban J connectivity index is 2.20. The molecule has 1 aliphatic carbocycles. The molecule has 4 atom stereocenters. The van der Waals surface area contributed by atoms with E-state index in [0.717, 1.165) is 12.8 Å². The second kappa shape index (κ2) is 7.11. The monoisotopic (exact) mass is 337 g/mol. The maximum Gasteiger partial charge on any atom is 0.249 e. The molecule has 1 saturated carbocycles. The van der Waals surface area contributed by atoms with Gasteiger partial charge < -0.3 is 21.1 Å². The minimum absolute atomic E-state index is 0.139. The predicted octanol–water partition coefficient (Wildman–Crippen LogP) is 0.510. The highest BCUT2D eigenvalue weighted by molar-refractivity contribution is 5.96. The first kappa shape index (κ1) is 18.7. The zero-order valence-electron chi connectivity index (χ0n) is 15.3. The number of nitrogens with zero attached hydrogens (tertiary/aromatic N) is 2. The Morgan fingerprint density at radius 2 is 2.12 bits per heavy atom. The van der Waals surface area contributed by atoms with Crippen LogP contribution in [0.4, 0.5) is 0 Å². The van der Waals surface area contributed by atoms with E-state index < -0.39 is 5.91 Å². The van der Waals surface area contributed by atoms with Crippen LogP contribution in [0.2, 0.25) is 0 Å². The van der Waals surface area contributed by atoms with Crippen LogP contribution in [-0.2, 0) is 4.79 Å². The topological polar surface area (TPSA) is 103 Å². The van der Waals surface area contributed by atoms with E-state index in [1.807, 2.05) is 32.7 Å². The molecule has 1 unspecified atom stereocenters. The quantitative estimate of drug-likeness (QED) is 0.601. The summed E-state index contributed by atoms with van der Waals surface area (Å²) in [6, 6.07) is 0.139. The van der Waals surface area contributed by atoms with Crippen LogP contribution in [0.25, 0.3) is 0 Å². The molecule has 0 radical (unpaired) electrons. The predicted molar refractivity (Wildman–Crippen MR) is 95.1 cm³/mol. The normalized spacial score (nSPS) is 33.2. The lowest BCUT2D eigenvalue weighted by Gasteiger charge is -2.40. The van der Waals surface area contributed by atoms with Gasteiger partial charge in [0.15, 0.2) is 5.96 Å².